The summed E-state index contributed by atoms with van der Waals surface area (Å²) in [7, 11) is 3.34. The highest BCUT2D eigenvalue weighted by Gasteiger charge is 2.31. The van der Waals surface area contributed by atoms with Crippen molar-refractivity contribution in [2.45, 2.75) is 45.3 Å². The van der Waals surface area contributed by atoms with E-state index in [1.807, 2.05) is 17.8 Å². The lowest BCUT2D eigenvalue weighted by atomic mass is 9.70. The third-order valence-electron chi connectivity index (χ3n) is 4.65. The van der Waals surface area contributed by atoms with E-state index in [9.17, 15) is 0 Å². The first kappa shape index (κ1) is 16.5. The minimum atomic E-state index is 0.483. The molecule has 0 amide bonds. The number of ether oxygens (including phenoxy) is 2. The Bertz CT molecular complexity index is 462. The minimum Gasteiger partial charge on any atom is -0.493 e. The van der Waals surface area contributed by atoms with Crippen LogP contribution in [0.1, 0.15) is 45.2 Å². The molecule has 1 aromatic heterocycles. The molecule has 0 aromatic carbocycles. The molecular weight excluding hydrogens is 282 g/mol. The molecule has 1 fully saturated rings. The molecule has 3 nitrogen and oxygen atoms in total. The zero-order chi connectivity index (χ0) is 15.3. The highest BCUT2D eigenvalue weighted by Crippen LogP contribution is 2.42. The summed E-state index contributed by atoms with van der Waals surface area (Å²) in [4.78, 5) is 4.45. The number of rotatable bonds is 6. The summed E-state index contributed by atoms with van der Waals surface area (Å²) in [5.74, 6) is 4.44. The van der Waals surface area contributed by atoms with Crippen molar-refractivity contribution in [3.8, 4) is 11.5 Å². The zero-order valence-electron chi connectivity index (χ0n) is 13.6. The van der Waals surface area contributed by atoms with Crippen LogP contribution in [0.3, 0.4) is 0 Å². The molecule has 1 atom stereocenters. The van der Waals surface area contributed by atoms with Crippen LogP contribution in [0.5, 0.6) is 11.5 Å². The quantitative estimate of drug-likeness (QED) is 0.771. The monoisotopic (exact) mass is 309 g/mol. The van der Waals surface area contributed by atoms with E-state index in [1.165, 1.54) is 31.4 Å². The molecule has 0 spiro atoms. The molecule has 1 unspecified atom stereocenters. The molecule has 118 valence electrons. The van der Waals surface area contributed by atoms with Gasteiger partial charge in [-0.15, -0.1) is 0 Å². The van der Waals surface area contributed by atoms with Gasteiger partial charge in [0.1, 0.15) is 0 Å². The maximum atomic E-state index is 5.45. The lowest BCUT2D eigenvalue weighted by Crippen LogP contribution is -2.29. The van der Waals surface area contributed by atoms with Crippen LogP contribution >= 0.6 is 11.8 Å². The van der Waals surface area contributed by atoms with Gasteiger partial charge in [0.15, 0.2) is 11.5 Å². The van der Waals surface area contributed by atoms with Gasteiger partial charge in [-0.25, -0.2) is 0 Å². The summed E-state index contributed by atoms with van der Waals surface area (Å²) in [6.07, 6.45) is 7.29. The highest BCUT2D eigenvalue weighted by atomic mass is 32.2. The van der Waals surface area contributed by atoms with Crippen LogP contribution in [-0.4, -0.2) is 25.0 Å². The topological polar surface area (TPSA) is 31.4 Å². The van der Waals surface area contributed by atoms with Crippen molar-refractivity contribution >= 4 is 11.8 Å². The van der Waals surface area contributed by atoms with E-state index < -0.39 is 0 Å². The Labute approximate surface area is 132 Å². The van der Waals surface area contributed by atoms with Crippen molar-refractivity contribution in [2.75, 3.05) is 20.0 Å². The predicted octanol–water partition coefficient (Wildman–Crippen LogP) is 4.55. The van der Waals surface area contributed by atoms with E-state index in [0.29, 0.717) is 5.41 Å². The molecule has 0 saturated heterocycles. The Kier molecular flexibility index (Phi) is 5.80. The number of pyridine rings is 1. The van der Waals surface area contributed by atoms with Gasteiger partial charge >= 0.3 is 0 Å². The van der Waals surface area contributed by atoms with Crippen LogP contribution in [0.2, 0.25) is 0 Å². The van der Waals surface area contributed by atoms with E-state index in [1.54, 1.807) is 20.4 Å². The van der Waals surface area contributed by atoms with Gasteiger partial charge in [-0.2, -0.15) is 11.8 Å². The van der Waals surface area contributed by atoms with Gasteiger partial charge in [-0.05, 0) is 29.9 Å². The van der Waals surface area contributed by atoms with Crippen molar-refractivity contribution in [1.29, 1.82) is 0 Å². The number of thioether (sulfide) groups is 1. The van der Waals surface area contributed by atoms with E-state index in [2.05, 4.69) is 18.8 Å². The lowest BCUT2D eigenvalue weighted by molar-refractivity contribution is 0.158. The number of methoxy groups -OCH3 is 2. The number of aromatic nitrogens is 1. The third kappa shape index (κ3) is 4.06. The largest absolute Gasteiger partial charge is 0.493 e. The Morgan fingerprint density at radius 1 is 1.29 bits per heavy atom. The first-order valence-electron chi connectivity index (χ1n) is 7.72. The third-order valence-corrected chi connectivity index (χ3v) is 5.77. The minimum absolute atomic E-state index is 0.483. The molecule has 0 bridgehead atoms. The summed E-state index contributed by atoms with van der Waals surface area (Å²) in [5.41, 5.74) is 1.47. The van der Waals surface area contributed by atoms with Crippen LogP contribution in [0, 0.1) is 11.3 Å². The molecule has 1 aromatic rings. The second-order valence-electron chi connectivity index (χ2n) is 6.44. The molecule has 21 heavy (non-hydrogen) atoms. The summed E-state index contributed by atoms with van der Waals surface area (Å²) in [5, 5.41) is 0. The van der Waals surface area contributed by atoms with Crippen molar-refractivity contribution < 1.29 is 9.47 Å². The van der Waals surface area contributed by atoms with Gasteiger partial charge < -0.3 is 9.47 Å². The first-order chi connectivity index (χ1) is 10.1. The number of nitrogens with zero attached hydrogens (tertiary/aromatic N) is 1. The molecule has 1 saturated carbocycles. The van der Waals surface area contributed by atoms with Crippen molar-refractivity contribution in [3.05, 3.63) is 18.0 Å². The van der Waals surface area contributed by atoms with E-state index in [-0.39, 0.29) is 0 Å². The fraction of sp³-hybridized carbons (Fsp3) is 0.706. The fourth-order valence-electron chi connectivity index (χ4n) is 3.13. The summed E-state index contributed by atoms with van der Waals surface area (Å²) < 4.78 is 10.8. The Balaban J connectivity index is 1.94. The van der Waals surface area contributed by atoms with Crippen LogP contribution in [0.15, 0.2) is 12.3 Å². The average molecular weight is 309 g/mol. The second kappa shape index (κ2) is 7.39. The maximum Gasteiger partial charge on any atom is 0.183 e. The van der Waals surface area contributed by atoms with E-state index in [4.69, 9.17) is 9.47 Å². The SMILES string of the molecule is COc1ccnc(CSCC2CCCCC2(C)C)c1OC. The van der Waals surface area contributed by atoms with Crippen molar-refractivity contribution in [3.63, 3.8) is 0 Å². The van der Waals surface area contributed by atoms with Gasteiger partial charge in [0.2, 0.25) is 0 Å². The molecule has 4 heteroatoms. The van der Waals surface area contributed by atoms with Gasteiger partial charge in [-0.3, -0.25) is 4.98 Å². The second-order valence-corrected chi connectivity index (χ2v) is 7.47. The molecular formula is C17H27NO2S. The zero-order valence-corrected chi connectivity index (χ0v) is 14.5. The smallest absolute Gasteiger partial charge is 0.183 e. The van der Waals surface area contributed by atoms with Crippen molar-refractivity contribution in [2.24, 2.45) is 11.3 Å². The lowest BCUT2D eigenvalue weighted by Gasteiger charge is -2.38. The van der Waals surface area contributed by atoms with Crippen molar-refractivity contribution in [1.82, 2.24) is 4.98 Å². The first-order valence-corrected chi connectivity index (χ1v) is 8.87. The van der Waals surface area contributed by atoms with Crippen LogP contribution in [0.25, 0.3) is 0 Å². The van der Waals surface area contributed by atoms with E-state index in [0.717, 1.165) is 28.9 Å². The van der Waals surface area contributed by atoms with Crippen LogP contribution < -0.4 is 9.47 Å². The van der Waals surface area contributed by atoms with Crippen LogP contribution in [0.4, 0.5) is 0 Å². The fourth-order valence-corrected chi connectivity index (χ4v) is 4.55. The molecule has 1 aliphatic rings. The number of hydrogen-bond donors (Lipinski definition) is 0. The predicted molar refractivity (Wildman–Crippen MR) is 89.2 cm³/mol. The summed E-state index contributed by atoms with van der Waals surface area (Å²) in [6.45, 7) is 4.84. The normalized spacial score (nSPS) is 21.0. The standard InChI is InChI=1S/C17H27NO2S/c1-17(2)9-6-5-7-13(17)11-21-12-14-16(20-4)15(19-3)8-10-18-14/h8,10,13H,5-7,9,11-12H2,1-4H3. The molecule has 0 N–H and O–H groups in total. The Morgan fingerprint density at radius 2 is 2.10 bits per heavy atom. The maximum absolute atomic E-state index is 5.45. The van der Waals surface area contributed by atoms with Crippen LogP contribution in [-0.2, 0) is 5.75 Å². The summed E-state index contributed by atoms with van der Waals surface area (Å²) >= 11 is 1.97. The Morgan fingerprint density at radius 3 is 2.76 bits per heavy atom. The molecule has 0 aliphatic heterocycles. The Hall–Kier alpha value is -0.900. The molecule has 1 heterocycles. The highest BCUT2D eigenvalue weighted by molar-refractivity contribution is 7.98. The van der Waals surface area contributed by atoms with E-state index >= 15 is 0 Å². The van der Waals surface area contributed by atoms with Gasteiger partial charge in [-0.1, -0.05) is 26.7 Å². The molecule has 0 radical (unpaired) electrons. The molecule has 1 aliphatic carbocycles. The average Bonchev–Trinajstić information content (AvgIpc) is 2.48. The molecule has 2 rings (SSSR count). The number of hydrogen-bond acceptors (Lipinski definition) is 4. The van der Waals surface area contributed by atoms with Gasteiger partial charge in [0, 0.05) is 18.0 Å². The summed E-state index contributed by atoms with van der Waals surface area (Å²) in [6, 6.07) is 1.84. The van der Waals surface area contributed by atoms with Gasteiger partial charge in [0.25, 0.3) is 0 Å². The van der Waals surface area contributed by atoms with Gasteiger partial charge in [0.05, 0.1) is 19.9 Å².